The summed E-state index contributed by atoms with van der Waals surface area (Å²) in [6, 6.07) is 6.01. The van der Waals surface area contributed by atoms with Crippen molar-refractivity contribution in [1.29, 1.82) is 0 Å². The normalized spacial score (nSPS) is 31.3. The Morgan fingerprint density at radius 1 is 1.04 bits per heavy atom. The van der Waals surface area contributed by atoms with Crippen LogP contribution in [-0.4, -0.2) is 24.7 Å². The molecule has 4 bridgehead atoms. The zero-order chi connectivity index (χ0) is 18.4. The molecule has 0 amide bonds. The maximum atomic E-state index is 5.43. The highest BCUT2D eigenvalue weighted by atomic mass is 32.1. The summed E-state index contributed by atoms with van der Waals surface area (Å²) in [5.41, 5.74) is 2.63. The second-order valence-corrected chi connectivity index (χ2v) is 9.62. The Morgan fingerprint density at radius 2 is 1.70 bits per heavy atom. The SMILES string of the molecule is COc1ccc(-c2nc(CNC34CC5CC(CC(C5)C3)C4)cs2)cc1OC. The minimum absolute atomic E-state index is 0.391. The van der Waals surface area contributed by atoms with E-state index in [1.54, 1.807) is 25.6 Å². The van der Waals surface area contributed by atoms with E-state index in [1.165, 1.54) is 38.5 Å². The summed E-state index contributed by atoms with van der Waals surface area (Å²) in [7, 11) is 3.33. The highest BCUT2D eigenvalue weighted by Gasteiger charge is 2.50. The maximum Gasteiger partial charge on any atom is 0.161 e. The first-order valence-corrected chi connectivity index (χ1v) is 11.0. The standard InChI is InChI=1S/C22H28N2O2S/c1-25-19-4-3-17(8-20(19)26-2)21-24-18(13-27-21)12-23-22-9-14-5-15(10-22)7-16(6-14)11-22/h3-4,8,13-16,23H,5-7,9-12H2,1-2H3. The van der Waals surface area contributed by atoms with E-state index in [-0.39, 0.29) is 0 Å². The second-order valence-electron chi connectivity index (χ2n) is 8.77. The summed E-state index contributed by atoms with van der Waals surface area (Å²) in [5, 5.41) is 7.18. The largest absolute Gasteiger partial charge is 0.493 e. The molecule has 1 N–H and O–H groups in total. The first-order chi connectivity index (χ1) is 13.2. The van der Waals surface area contributed by atoms with Gasteiger partial charge in [0.25, 0.3) is 0 Å². The molecule has 4 aliphatic rings. The van der Waals surface area contributed by atoms with Crippen LogP contribution >= 0.6 is 11.3 Å². The molecule has 6 rings (SSSR count). The summed E-state index contributed by atoms with van der Waals surface area (Å²) >= 11 is 1.70. The third kappa shape index (κ3) is 3.25. The molecule has 0 radical (unpaired) electrons. The van der Waals surface area contributed by atoms with Crippen molar-refractivity contribution >= 4 is 11.3 Å². The fourth-order valence-corrected chi connectivity index (χ4v) is 6.91. The predicted octanol–water partition coefficient (Wildman–Crippen LogP) is 4.89. The highest BCUT2D eigenvalue weighted by Crippen LogP contribution is 2.55. The lowest BCUT2D eigenvalue weighted by Crippen LogP contribution is -2.58. The Hall–Kier alpha value is -1.59. The summed E-state index contributed by atoms with van der Waals surface area (Å²) in [6.07, 6.45) is 8.60. The molecule has 1 aromatic heterocycles. The van der Waals surface area contributed by atoms with Crippen LogP contribution in [0.2, 0.25) is 0 Å². The first kappa shape index (κ1) is 17.5. The molecule has 0 aliphatic heterocycles. The van der Waals surface area contributed by atoms with E-state index >= 15 is 0 Å². The van der Waals surface area contributed by atoms with E-state index in [1.807, 2.05) is 12.1 Å². The van der Waals surface area contributed by atoms with Crippen LogP contribution in [0.3, 0.4) is 0 Å². The average molecular weight is 385 g/mol. The van der Waals surface area contributed by atoms with E-state index in [4.69, 9.17) is 14.5 Å². The van der Waals surface area contributed by atoms with Crippen molar-refractivity contribution in [3.8, 4) is 22.1 Å². The molecule has 4 aliphatic carbocycles. The maximum absolute atomic E-state index is 5.43. The molecule has 144 valence electrons. The van der Waals surface area contributed by atoms with Gasteiger partial charge in [0.15, 0.2) is 11.5 Å². The lowest BCUT2D eigenvalue weighted by molar-refractivity contribution is -0.0207. The molecular formula is C22H28N2O2S. The number of nitrogens with zero attached hydrogens (tertiary/aromatic N) is 1. The van der Waals surface area contributed by atoms with Crippen LogP contribution in [0.25, 0.3) is 10.6 Å². The molecular weight excluding hydrogens is 356 g/mol. The number of nitrogens with one attached hydrogen (secondary N) is 1. The van der Waals surface area contributed by atoms with Crippen LogP contribution in [0.5, 0.6) is 11.5 Å². The number of ether oxygens (including phenoxy) is 2. The molecule has 0 spiro atoms. The van der Waals surface area contributed by atoms with Gasteiger partial charge in [-0.25, -0.2) is 4.98 Å². The van der Waals surface area contributed by atoms with Crippen LogP contribution < -0.4 is 14.8 Å². The van der Waals surface area contributed by atoms with Gasteiger partial charge < -0.3 is 14.8 Å². The number of aromatic nitrogens is 1. The van der Waals surface area contributed by atoms with E-state index in [2.05, 4.69) is 16.8 Å². The molecule has 4 saturated carbocycles. The zero-order valence-corrected chi connectivity index (χ0v) is 17.0. The van der Waals surface area contributed by atoms with Crippen molar-refractivity contribution in [2.45, 2.75) is 50.6 Å². The van der Waals surface area contributed by atoms with Crippen molar-refractivity contribution in [3.05, 3.63) is 29.3 Å². The Labute approximate surface area is 165 Å². The molecule has 4 nitrogen and oxygen atoms in total. The molecule has 4 fully saturated rings. The smallest absolute Gasteiger partial charge is 0.161 e. The number of rotatable bonds is 6. The van der Waals surface area contributed by atoms with Crippen LogP contribution in [-0.2, 0) is 6.54 Å². The molecule has 0 unspecified atom stereocenters. The Bertz CT molecular complexity index is 796. The quantitative estimate of drug-likeness (QED) is 0.770. The van der Waals surface area contributed by atoms with Gasteiger partial charge >= 0.3 is 0 Å². The Morgan fingerprint density at radius 3 is 2.33 bits per heavy atom. The highest BCUT2D eigenvalue weighted by molar-refractivity contribution is 7.13. The zero-order valence-electron chi connectivity index (χ0n) is 16.2. The fourth-order valence-electron chi connectivity index (χ4n) is 6.10. The van der Waals surface area contributed by atoms with Gasteiger partial charge in [-0.1, -0.05) is 0 Å². The minimum Gasteiger partial charge on any atom is -0.493 e. The van der Waals surface area contributed by atoms with Crippen molar-refractivity contribution in [1.82, 2.24) is 10.3 Å². The van der Waals surface area contributed by atoms with Crippen molar-refractivity contribution in [3.63, 3.8) is 0 Å². The van der Waals surface area contributed by atoms with E-state index in [9.17, 15) is 0 Å². The Kier molecular flexibility index (Phi) is 4.40. The van der Waals surface area contributed by atoms with Gasteiger partial charge in [-0.05, 0) is 74.5 Å². The average Bonchev–Trinajstić information content (AvgIpc) is 3.14. The fraction of sp³-hybridized carbons (Fsp3) is 0.591. The molecule has 1 heterocycles. The predicted molar refractivity (Wildman–Crippen MR) is 108 cm³/mol. The van der Waals surface area contributed by atoms with E-state index in [0.29, 0.717) is 5.54 Å². The van der Waals surface area contributed by atoms with Crippen molar-refractivity contribution < 1.29 is 9.47 Å². The lowest BCUT2D eigenvalue weighted by Gasteiger charge is -2.57. The van der Waals surface area contributed by atoms with Gasteiger partial charge in [0.2, 0.25) is 0 Å². The number of benzene rings is 1. The van der Waals surface area contributed by atoms with Crippen LogP contribution in [0.1, 0.15) is 44.2 Å². The number of hydrogen-bond acceptors (Lipinski definition) is 5. The minimum atomic E-state index is 0.391. The third-order valence-electron chi connectivity index (χ3n) is 6.86. The molecule has 1 aromatic carbocycles. The summed E-state index contributed by atoms with van der Waals surface area (Å²) < 4.78 is 10.8. The van der Waals surface area contributed by atoms with E-state index < -0.39 is 0 Å². The van der Waals surface area contributed by atoms with Crippen LogP contribution in [0.15, 0.2) is 23.6 Å². The monoisotopic (exact) mass is 384 g/mol. The second kappa shape index (κ2) is 6.78. The van der Waals surface area contributed by atoms with Crippen LogP contribution in [0.4, 0.5) is 0 Å². The lowest BCUT2D eigenvalue weighted by atomic mass is 9.53. The van der Waals surface area contributed by atoms with Gasteiger partial charge in [-0.2, -0.15) is 0 Å². The number of methoxy groups -OCH3 is 2. The number of thiazole rings is 1. The third-order valence-corrected chi connectivity index (χ3v) is 7.81. The Balaban J connectivity index is 1.29. The van der Waals surface area contributed by atoms with Crippen molar-refractivity contribution in [2.75, 3.05) is 14.2 Å². The number of hydrogen-bond donors (Lipinski definition) is 1. The molecule has 0 saturated heterocycles. The summed E-state index contributed by atoms with van der Waals surface area (Å²) in [6.45, 7) is 0.885. The summed E-state index contributed by atoms with van der Waals surface area (Å²) in [5.74, 6) is 4.42. The van der Waals surface area contributed by atoms with Gasteiger partial charge in [-0.15, -0.1) is 11.3 Å². The van der Waals surface area contributed by atoms with E-state index in [0.717, 1.165) is 52.1 Å². The van der Waals surface area contributed by atoms with Gasteiger partial charge in [0, 0.05) is 23.0 Å². The first-order valence-electron chi connectivity index (χ1n) is 10.1. The van der Waals surface area contributed by atoms with Crippen molar-refractivity contribution in [2.24, 2.45) is 17.8 Å². The van der Waals surface area contributed by atoms with Gasteiger partial charge in [-0.3, -0.25) is 0 Å². The molecule has 5 heteroatoms. The van der Waals surface area contributed by atoms with Crippen LogP contribution in [0, 0.1) is 17.8 Å². The molecule has 27 heavy (non-hydrogen) atoms. The summed E-state index contributed by atoms with van der Waals surface area (Å²) in [4.78, 5) is 4.89. The molecule has 2 aromatic rings. The van der Waals surface area contributed by atoms with Gasteiger partial charge in [0.05, 0.1) is 19.9 Å². The molecule has 0 atom stereocenters. The van der Waals surface area contributed by atoms with Gasteiger partial charge in [0.1, 0.15) is 5.01 Å². The topological polar surface area (TPSA) is 43.4 Å².